The van der Waals surface area contributed by atoms with Gasteiger partial charge in [0.25, 0.3) is 5.91 Å². The lowest BCUT2D eigenvalue weighted by Gasteiger charge is -2.23. The van der Waals surface area contributed by atoms with Crippen molar-refractivity contribution in [2.45, 2.75) is 52.6 Å². The molecule has 30 heavy (non-hydrogen) atoms. The van der Waals surface area contributed by atoms with Crippen molar-refractivity contribution in [3.8, 4) is 0 Å². The number of rotatable bonds is 12. The average molecular weight is 438 g/mol. The van der Waals surface area contributed by atoms with Crippen LogP contribution in [0.15, 0.2) is 24.3 Å². The third-order valence-corrected chi connectivity index (χ3v) is 5.03. The molecule has 0 saturated carbocycles. The van der Waals surface area contributed by atoms with Gasteiger partial charge in [0.15, 0.2) is 0 Å². The van der Waals surface area contributed by atoms with Crippen LogP contribution in [0.5, 0.6) is 0 Å². The summed E-state index contributed by atoms with van der Waals surface area (Å²) in [5.41, 5.74) is 1.51. The Morgan fingerprint density at radius 1 is 1.17 bits per heavy atom. The first-order valence-corrected chi connectivity index (χ1v) is 11.7. The molecule has 168 valence electrons. The molecule has 0 aromatic heterocycles. The number of alkyl carbamates (subject to hydrolysis) is 1. The number of thioether (sulfide) groups is 1. The summed E-state index contributed by atoms with van der Waals surface area (Å²) in [6.45, 7) is 8.31. The average Bonchev–Trinajstić information content (AvgIpc) is 2.68. The van der Waals surface area contributed by atoms with Crippen molar-refractivity contribution in [1.29, 1.82) is 0 Å². The normalized spacial score (nSPS) is 12.7. The van der Waals surface area contributed by atoms with E-state index in [0.29, 0.717) is 24.3 Å². The number of hydrogen-bond donors (Lipinski definition) is 3. The number of aryl methyl sites for hydroxylation is 1. The maximum absolute atomic E-state index is 12.8. The Morgan fingerprint density at radius 2 is 1.90 bits per heavy atom. The SMILES string of the molecule is CCOC(=O)NC(CNC(=O)C(CCSC)NC(=O)c1cccc(C)c1)CC(C)C. The van der Waals surface area contributed by atoms with E-state index >= 15 is 0 Å². The lowest BCUT2D eigenvalue weighted by Crippen LogP contribution is -2.51. The Labute approximate surface area is 184 Å². The minimum atomic E-state index is -0.646. The number of carbonyl (C=O) groups excluding carboxylic acids is 3. The van der Waals surface area contributed by atoms with Gasteiger partial charge in [0.1, 0.15) is 6.04 Å². The van der Waals surface area contributed by atoms with Gasteiger partial charge in [-0.2, -0.15) is 11.8 Å². The van der Waals surface area contributed by atoms with E-state index in [9.17, 15) is 14.4 Å². The first-order valence-electron chi connectivity index (χ1n) is 10.3. The highest BCUT2D eigenvalue weighted by atomic mass is 32.2. The van der Waals surface area contributed by atoms with Crippen LogP contribution < -0.4 is 16.0 Å². The van der Waals surface area contributed by atoms with Gasteiger partial charge in [-0.05, 0) is 56.7 Å². The maximum Gasteiger partial charge on any atom is 0.407 e. The molecule has 0 saturated heterocycles. The second kappa shape index (κ2) is 13.9. The van der Waals surface area contributed by atoms with Crippen LogP contribution in [0.25, 0.3) is 0 Å². The van der Waals surface area contributed by atoms with Crippen molar-refractivity contribution < 1.29 is 19.1 Å². The van der Waals surface area contributed by atoms with E-state index in [2.05, 4.69) is 16.0 Å². The van der Waals surface area contributed by atoms with Crippen LogP contribution in [0.3, 0.4) is 0 Å². The third-order valence-electron chi connectivity index (χ3n) is 4.39. The van der Waals surface area contributed by atoms with E-state index in [1.54, 1.807) is 30.8 Å². The molecule has 3 N–H and O–H groups in total. The smallest absolute Gasteiger partial charge is 0.407 e. The standard InChI is InChI=1S/C22H35N3O4S/c1-6-29-22(28)24-18(12-15(2)3)14-23-21(27)19(10-11-30-5)25-20(26)17-9-7-8-16(4)13-17/h7-9,13,15,18-19H,6,10-12,14H2,1-5H3,(H,23,27)(H,24,28)(H,25,26). The Morgan fingerprint density at radius 3 is 2.50 bits per heavy atom. The fourth-order valence-electron chi connectivity index (χ4n) is 2.98. The summed E-state index contributed by atoms with van der Waals surface area (Å²) in [6, 6.07) is 6.36. The van der Waals surface area contributed by atoms with Gasteiger partial charge >= 0.3 is 6.09 Å². The molecule has 1 rings (SSSR count). The molecule has 0 aliphatic heterocycles. The predicted octanol–water partition coefficient (Wildman–Crippen LogP) is 3.12. The van der Waals surface area contributed by atoms with Gasteiger partial charge in [-0.15, -0.1) is 0 Å². The lowest BCUT2D eigenvalue weighted by atomic mass is 10.0. The highest BCUT2D eigenvalue weighted by Gasteiger charge is 2.23. The highest BCUT2D eigenvalue weighted by Crippen LogP contribution is 2.08. The molecule has 0 bridgehead atoms. The third kappa shape index (κ3) is 10.0. The van der Waals surface area contributed by atoms with Gasteiger partial charge in [-0.25, -0.2) is 4.79 Å². The molecule has 1 aromatic rings. The summed E-state index contributed by atoms with van der Waals surface area (Å²) in [5, 5.41) is 8.52. The molecule has 3 amide bonds. The summed E-state index contributed by atoms with van der Waals surface area (Å²) in [6.07, 6.45) is 2.68. The van der Waals surface area contributed by atoms with Crippen LogP contribution in [0, 0.1) is 12.8 Å². The summed E-state index contributed by atoms with van der Waals surface area (Å²) in [7, 11) is 0. The summed E-state index contributed by atoms with van der Waals surface area (Å²) >= 11 is 1.61. The summed E-state index contributed by atoms with van der Waals surface area (Å²) < 4.78 is 4.95. The monoisotopic (exact) mass is 437 g/mol. The van der Waals surface area contributed by atoms with Crippen molar-refractivity contribution in [3.05, 3.63) is 35.4 Å². The van der Waals surface area contributed by atoms with Gasteiger partial charge in [0.05, 0.1) is 6.61 Å². The molecule has 0 heterocycles. The Hall–Kier alpha value is -2.22. The predicted molar refractivity (Wildman–Crippen MR) is 122 cm³/mol. The van der Waals surface area contributed by atoms with Gasteiger partial charge < -0.3 is 20.7 Å². The molecule has 2 atom stereocenters. The number of benzene rings is 1. The van der Waals surface area contributed by atoms with Gasteiger partial charge in [0, 0.05) is 18.2 Å². The molecule has 0 radical (unpaired) electrons. The molecule has 0 fully saturated rings. The first kappa shape index (κ1) is 25.8. The molecule has 0 spiro atoms. The van der Waals surface area contributed by atoms with Crippen molar-refractivity contribution >= 4 is 29.7 Å². The van der Waals surface area contributed by atoms with E-state index < -0.39 is 12.1 Å². The van der Waals surface area contributed by atoms with Crippen molar-refractivity contribution in [2.75, 3.05) is 25.2 Å². The second-order valence-electron chi connectivity index (χ2n) is 7.61. The molecule has 2 unspecified atom stereocenters. The molecule has 8 heteroatoms. The zero-order chi connectivity index (χ0) is 22.5. The Kier molecular flexibility index (Phi) is 12.0. The fraction of sp³-hybridized carbons (Fsp3) is 0.591. The summed E-state index contributed by atoms with van der Waals surface area (Å²) in [4.78, 5) is 37.2. The second-order valence-corrected chi connectivity index (χ2v) is 8.60. The minimum Gasteiger partial charge on any atom is -0.450 e. The van der Waals surface area contributed by atoms with Crippen LogP contribution in [-0.4, -0.2) is 55.2 Å². The van der Waals surface area contributed by atoms with Crippen LogP contribution in [0.2, 0.25) is 0 Å². The van der Waals surface area contributed by atoms with E-state index in [-0.39, 0.29) is 31.0 Å². The Bertz CT molecular complexity index is 697. The topological polar surface area (TPSA) is 96.5 Å². The quantitative estimate of drug-likeness (QED) is 0.467. The van der Waals surface area contributed by atoms with Crippen molar-refractivity contribution in [3.63, 3.8) is 0 Å². The van der Waals surface area contributed by atoms with Gasteiger partial charge in [0.2, 0.25) is 5.91 Å². The lowest BCUT2D eigenvalue weighted by molar-refractivity contribution is -0.123. The van der Waals surface area contributed by atoms with Crippen LogP contribution in [0.1, 0.15) is 49.5 Å². The molecule has 0 aliphatic rings. The first-order chi connectivity index (χ1) is 14.3. The van der Waals surface area contributed by atoms with E-state index in [0.717, 1.165) is 11.3 Å². The van der Waals surface area contributed by atoms with E-state index in [1.165, 1.54) is 0 Å². The van der Waals surface area contributed by atoms with E-state index in [1.807, 2.05) is 39.2 Å². The molecule has 7 nitrogen and oxygen atoms in total. The molecule has 1 aromatic carbocycles. The van der Waals surface area contributed by atoms with Gasteiger partial charge in [-0.3, -0.25) is 9.59 Å². The number of nitrogens with one attached hydrogen (secondary N) is 3. The molecular formula is C22H35N3O4S. The van der Waals surface area contributed by atoms with Crippen molar-refractivity contribution in [1.82, 2.24) is 16.0 Å². The van der Waals surface area contributed by atoms with E-state index in [4.69, 9.17) is 4.74 Å². The van der Waals surface area contributed by atoms with Gasteiger partial charge in [-0.1, -0.05) is 31.5 Å². The maximum atomic E-state index is 12.8. The molecule has 0 aliphatic carbocycles. The zero-order valence-corrected chi connectivity index (χ0v) is 19.4. The van der Waals surface area contributed by atoms with Crippen LogP contribution >= 0.6 is 11.8 Å². The van der Waals surface area contributed by atoms with Crippen LogP contribution in [-0.2, 0) is 9.53 Å². The summed E-state index contributed by atoms with van der Waals surface area (Å²) in [5.74, 6) is 0.540. The molecular weight excluding hydrogens is 402 g/mol. The van der Waals surface area contributed by atoms with Crippen LogP contribution in [0.4, 0.5) is 4.79 Å². The number of amides is 3. The zero-order valence-electron chi connectivity index (χ0n) is 18.6. The number of hydrogen-bond acceptors (Lipinski definition) is 5. The van der Waals surface area contributed by atoms with Crippen molar-refractivity contribution in [2.24, 2.45) is 5.92 Å². The largest absolute Gasteiger partial charge is 0.450 e. The minimum absolute atomic E-state index is 0.248. The number of carbonyl (C=O) groups is 3. The fourth-order valence-corrected chi connectivity index (χ4v) is 3.45. The number of ether oxygens (including phenoxy) is 1. The highest BCUT2D eigenvalue weighted by molar-refractivity contribution is 7.98. The Balaban J connectivity index is 2.75.